The summed E-state index contributed by atoms with van der Waals surface area (Å²) in [5.41, 5.74) is 0.838. The van der Waals surface area contributed by atoms with E-state index in [0.29, 0.717) is 5.57 Å². The molecule has 1 aliphatic rings. The maximum Gasteiger partial charge on any atom is 0.295 e. The lowest BCUT2D eigenvalue weighted by Crippen LogP contribution is -3.21. The van der Waals surface area contributed by atoms with Crippen molar-refractivity contribution in [3.05, 3.63) is 17.0 Å². The van der Waals surface area contributed by atoms with Crippen LogP contribution in [0.3, 0.4) is 0 Å². The van der Waals surface area contributed by atoms with E-state index in [9.17, 15) is 20.2 Å². The van der Waals surface area contributed by atoms with Gasteiger partial charge in [0.1, 0.15) is 0 Å². The van der Waals surface area contributed by atoms with Gasteiger partial charge in [0.05, 0.1) is 18.9 Å². The van der Waals surface area contributed by atoms with E-state index in [0.717, 1.165) is 5.01 Å². The van der Waals surface area contributed by atoms with Gasteiger partial charge in [-0.1, -0.05) is 5.92 Å². The maximum absolute atomic E-state index is 11.7. The van der Waals surface area contributed by atoms with Crippen molar-refractivity contribution in [2.45, 2.75) is 38.7 Å². The molecule has 4 unspecified atom stereocenters. The van der Waals surface area contributed by atoms with Crippen molar-refractivity contribution in [1.29, 1.82) is 0 Å². The molecule has 0 saturated carbocycles. The van der Waals surface area contributed by atoms with Gasteiger partial charge in [0.25, 0.3) is 5.91 Å². The normalized spacial score (nSPS) is 25.1. The number of aliphatic hydroxyl groups excluding tert-OH is 2. The van der Waals surface area contributed by atoms with Crippen molar-refractivity contribution in [2.75, 3.05) is 6.61 Å². The first-order valence-corrected chi connectivity index (χ1v) is 6.04. The van der Waals surface area contributed by atoms with Crippen LogP contribution in [0.15, 0.2) is 11.8 Å². The van der Waals surface area contributed by atoms with Gasteiger partial charge in [0, 0.05) is 5.57 Å². The van der Waals surface area contributed by atoms with Crippen molar-refractivity contribution in [2.24, 2.45) is 0 Å². The van der Waals surface area contributed by atoms with Crippen molar-refractivity contribution in [3.63, 3.8) is 0 Å². The van der Waals surface area contributed by atoms with Gasteiger partial charge >= 0.3 is 0 Å². The lowest BCUT2D eigenvalue weighted by Gasteiger charge is -2.41. The van der Waals surface area contributed by atoms with Gasteiger partial charge in [0.15, 0.2) is 11.8 Å². The lowest BCUT2D eigenvalue weighted by molar-refractivity contribution is -1.01. The zero-order valence-corrected chi connectivity index (χ0v) is 11.6. The summed E-state index contributed by atoms with van der Waals surface area (Å²) in [6.07, 6.45) is 4.61. The number of hydrogen-bond donors (Lipinski definition) is 4. The molecule has 1 aliphatic heterocycles. The molecule has 0 bridgehead atoms. The quantitative estimate of drug-likeness (QED) is 0.332. The molecule has 0 saturated heterocycles. The highest BCUT2D eigenvalue weighted by Gasteiger charge is 2.39. The molecule has 8 heteroatoms. The van der Waals surface area contributed by atoms with Crippen molar-refractivity contribution in [1.82, 2.24) is 10.4 Å². The number of nitrogens with zero attached hydrogens (tertiary/aromatic N) is 1. The van der Waals surface area contributed by atoms with Crippen LogP contribution in [0, 0.1) is 17.6 Å². The summed E-state index contributed by atoms with van der Waals surface area (Å²) in [5.74, 6) is 1.71. The van der Waals surface area contributed by atoms with Gasteiger partial charge in [-0.2, -0.15) is 15.7 Å². The van der Waals surface area contributed by atoms with Crippen LogP contribution < -0.4 is 10.7 Å². The largest absolute Gasteiger partial charge is 0.582 e. The Morgan fingerprint density at radius 1 is 1.70 bits per heavy atom. The number of nitrogens with one attached hydrogen (secondary N) is 2. The number of ether oxygens (including phenoxy) is 1. The Balaban J connectivity index is 2.93. The highest BCUT2D eigenvalue weighted by molar-refractivity contribution is 5.91. The average molecular weight is 285 g/mol. The fourth-order valence-electron chi connectivity index (χ4n) is 1.69. The molecule has 4 N–H and O–H groups in total. The monoisotopic (exact) mass is 285 g/mol. The third kappa shape index (κ3) is 3.09. The summed E-state index contributed by atoms with van der Waals surface area (Å²) in [6.45, 7) is 3.83. The fraction of sp³-hybridized carbons (Fsp3) is 0.583. The second-order valence-electron chi connectivity index (χ2n) is 4.56. The van der Waals surface area contributed by atoms with Crippen LogP contribution in [0.25, 0.3) is 0 Å². The van der Waals surface area contributed by atoms with Crippen LogP contribution >= 0.6 is 0 Å². The molecule has 0 aromatic carbocycles. The van der Waals surface area contributed by atoms with Crippen LogP contribution in [0.4, 0.5) is 0 Å². The van der Waals surface area contributed by atoms with Gasteiger partial charge in [-0.15, -0.1) is 6.42 Å². The van der Waals surface area contributed by atoms with Crippen LogP contribution in [0.2, 0.25) is 0 Å². The van der Waals surface area contributed by atoms with Gasteiger partial charge in [-0.25, -0.2) is 0 Å². The number of rotatable bonds is 5. The zero-order chi connectivity index (χ0) is 15.5. The number of carbonyl (C=O) groups is 1. The first-order chi connectivity index (χ1) is 9.27. The van der Waals surface area contributed by atoms with E-state index in [4.69, 9.17) is 11.2 Å². The first-order valence-electron chi connectivity index (χ1n) is 6.04. The Labute approximate surface area is 117 Å². The standard InChI is InChI=1S/C12H19N3O5/c1-5-12(7-16,9(3)17)20-10(4)14-6-8(2)11(18)13-15(14)19/h1,6,9-10,15-17H,7H2,2-4H3,(H,13,18). The number of carbonyl (C=O) groups excluding carboxylic acids is 1. The Bertz CT molecular complexity index is 445. The number of terminal acetylenes is 1. The van der Waals surface area contributed by atoms with Crippen LogP contribution in [0.1, 0.15) is 20.8 Å². The predicted octanol–water partition coefficient (Wildman–Crippen LogP) is -2.36. The molecule has 112 valence electrons. The average Bonchev–Trinajstić information content (AvgIpc) is 2.39. The van der Waals surface area contributed by atoms with E-state index in [1.165, 1.54) is 27.0 Å². The number of hydrogen-bond acceptors (Lipinski definition) is 6. The van der Waals surface area contributed by atoms with Crippen molar-refractivity contribution >= 4 is 5.91 Å². The zero-order valence-electron chi connectivity index (χ0n) is 11.6. The van der Waals surface area contributed by atoms with E-state index < -0.39 is 35.7 Å². The molecule has 0 radical (unpaired) electrons. The molecule has 0 fully saturated rings. The highest BCUT2D eigenvalue weighted by atomic mass is 16.6. The fourth-order valence-corrected chi connectivity index (χ4v) is 1.69. The highest BCUT2D eigenvalue weighted by Crippen LogP contribution is 2.19. The van der Waals surface area contributed by atoms with E-state index in [2.05, 4.69) is 11.3 Å². The van der Waals surface area contributed by atoms with E-state index in [1.807, 2.05) is 0 Å². The molecule has 0 aromatic rings. The second-order valence-corrected chi connectivity index (χ2v) is 4.56. The van der Waals surface area contributed by atoms with Gasteiger partial charge < -0.3 is 20.2 Å². The Morgan fingerprint density at radius 2 is 2.30 bits per heavy atom. The maximum atomic E-state index is 11.7. The van der Waals surface area contributed by atoms with E-state index >= 15 is 0 Å². The van der Waals surface area contributed by atoms with E-state index in [1.54, 1.807) is 0 Å². The summed E-state index contributed by atoms with van der Waals surface area (Å²) in [7, 11) is 0. The topological polar surface area (TPSA) is 110 Å². The molecule has 0 aliphatic carbocycles. The Hall–Kier alpha value is -1.63. The number of amides is 1. The van der Waals surface area contributed by atoms with Crippen molar-refractivity contribution in [3.8, 4) is 12.3 Å². The molecular weight excluding hydrogens is 266 g/mol. The van der Waals surface area contributed by atoms with Gasteiger partial charge in [0.2, 0.25) is 0 Å². The summed E-state index contributed by atoms with van der Waals surface area (Å²) in [4.78, 5) is 11.3. The van der Waals surface area contributed by atoms with E-state index in [-0.39, 0.29) is 0 Å². The molecule has 8 nitrogen and oxygen atoms in total. The third-order valence-corrected chi connectivity index (χ3v) is 3.07. The Kier molecular flexibility index (Phi) is 5.10. The van der Waals surface area contributed by atoms with Crippen LogP contribution in [-0.2, 0) is 9.53 Å². The molecule has 0 aromatic heterocycles. The molecule has 0 spiro atoms. The van der Waals surface area contributed by atoms with Crippen LogP contribution in [-0.4, -0.2) is 45.7 Å². The summed E-state index contributed by atoms with van der Waals surface area (Å²) in [6, 6.07) is 0. The predicted molar refractivity (Wildman–Crippen MR) is 68.9 cm³/mol. The third-order valence-electron chi connectivity index (χ3n) is 3.07. The first kappa shape index (κ1) is 16.4. The van der Waals surface area contributed by atoms with Gasteiger partial charge in [-0.3, -0.25) is 4.79 Å². The van der Waals surface area contributed by atoms with Gasteiger partial charge in [-0.05, 0) is 20.8 Å². The lowest BCUT2D eigenvalue weighted by atomic mass is 10.00. The smallest absolute Gasteiger partial charge is 0.295 e. The summed E-state index contributed by atoms with van der Waals surface area (Å²) >= 11 is 0. The number of quaternary nitrogens is 1. The van der Waals surface area contributed by atoms with Crippen LogP contribution in [0.5, 0.6) is 0 Å². The summed E-state index contributed by atoms with van der Waals surface area (Å²) < 4.78 is 5.46. The van der Waals surface area contributed by atoms with Crippen molar-refractivity contribution < 1.29 is 25.0 Å². The SMILES string of the molecule is C#CC(CO)(OC(C)N1C=C(C)C(=O)N[NH+]1[O-])C(C)O. The summed E-state index contributed by atoms with van der Waals surface area (Å²) in [5, 5.41) is 31.2. The Morgan fingerprint density at radius 3 is 2.75 bits per heavy atom. The molecule has 1 heterocycles. The minimum absolute atomic E-state index is 0.326. The molecule has 1 amide bonds. The second kappa shape index (κ2) is 6.21. The minimum Gasteiger partial charge on any atom is -0.582 e. The molecular formula is C12H19N3O5. The molecule has 4 atom stereocenters. The number of aliphatic hydroxyl groups is 2. The molecule has 1 rings (SSSR count). The minimum atomic E-state index is -1.62. The molecule has 20 heavy (non-hydrogen) atoms.